The second-order valence-electron chi connectivity index (χ2n) is 7.68. The van der Waals surface area contributed by atoms with Crippen molar-refractivity contribution in [2.24, 2.45) is 10.8 Å². The molecule has 3 rings (SSSR count). The first-order valence-electron chi connectivity index (χ1n) is 7.35. The van der Waals surface area contributed by atoms with Gasteiger partial charge in [0.2, 0.25) is 10.0 Å². The number of rotatable bonds is 2. The van der Waals surface area contributed by atoms with Gasteiger partial charge in [-0.2, -0.15) is 4.31 Å². The van der Waals surface area contributed by atoms with Gasteiger partial charge >= 0.3 is 0 Å². The second-order valence-corrected chi connectivity index (χ2v) is 9.57. The van der Waals surface area contributed by atoms with Gasteiger partial charge in [0, 0.05) is 18.8 Å². The van der Waals surface area contributed by atoms with Crippen molar-refractivity contribution in [3.05, 3.63) is 18.3 Å². The van der Waals surface area contributed by atoms with Gasteiger partial charge in [-0.25, -0.2) is 13.4 Å². The molecule has 2 bridgehead atoms. The van der Waals surface area contributed by atoms with E-state index in [0.717, 1.165) is 19.3 Å². The van der Waals surface area contributed by atoms with Gasteiger partial charge in [0.15, 0.2) is 0 Å². The fourth-order valence-electron chi connectivity index (χ4n) is 4.37. The molecule has 2 aliphatic rings. The Bertz CT molecular complexity index is 654. The molecule has 1 aromatic rings. The highest BCUT2D eigenvalue weighted by Gasteiger charge is 2.53. The van der Waals surface area contributed by atoms with Crippen LogP contribution in [0.3, 0.4) is 0 Å². The van der Waals surface area contributed by atoms with Gasteiger partial charge in [0.25, 0.3) is 0 Å². The molecule has 21 heavy (non-hydrogen) atoms. The minimum Gasteiger partial charge on any atom is -0.384 e. The molecule has 2 unspecified atom stereocenters. The summed E-state index contributed by atoms with van der Waals surface area (Å²) in [6.07, 6.45) is 4.31. The summed E-state index contributed by atoms with van der Waals surface area (Å²) in [6.45, 7) is 7.28. The highest BCUT2D eigenvalue weighted by Crippen LogP contribution is 2.53. The lowest BCUT2D eigenvalue weighted by molar-refractivity contribution is 0.133. The third-order valence-electron chi connectivity index (χ3n) is 4.73. The first kappa shape index (κ1) is 14.8. The van der Waals surface area contributed by atoms with Gasteiger partial charge in [-0.3, -0.25) is 0 Å². The number of nitrogen functional groups attached to an aromatic ring is 1. The number of pyridine rings is 1. The molecular formula is C15H23N3O2S. The molecule has 2 fully saturated rings. The average Bonchev–Trinajstić information content (AvgIpc) is 2.59. The molecule has 1 aromatic heterocycles. The lowest BCUT2D eigenvalue weighted by Gasteiger charge is -2.39. The summed E-state index contributed by atoms with van der Waals surface area (Å²) in [6, 6.07) is 3.19. The van der Waals surface area contributed by atoms with Crippen LogP contribution in [0.25, 0.3) is 0 Å². The molecule has 2 atom stereocenters. The Hall–Kier alpha value is -1.14. The van der Waals surface area contributed by atoms with Crippen LogP contribution in [0.1, 0.15) is 40.0 Å². The molecule has 116 valence electrons. The third kappa shape index (κ3) is 2.55. The van der Waals surface area contributed by atoms with E-state index >= 15 is 0 Å². The van der Waals surface area contributed by atoms with Crippen molar-refractivity contribution in [2.45, 2.75) is 51.0 Å². The minimum atomic E-state index is -3.48. The third-order valence-corrected chi connectivity index (χ3v) is 6.61. The lowest BCUT2D eigenvalue weighted by Crippen LogP contribution is -2.37. The predicted molar refractivity (Wildman–Crippen MR) is 82.1 cm³/mol. The van der Waals surface area contributed by atoms with Gasteiger partial charge < -0.3 is 5.73 Å². The van der Waals surface area contributed by atoms with Crippen molar-refractivity contribution >= 4 is 15.8 Å². The first-order chi connectivity index (χ1) is 9.61. The van der Waals surface area contributed by atoms with Crippen molar-refractivity contribution in [1.82, 2.24) is 9.29 Å². The Labute approximate surface area is 126 Å². The number of hydrogen-bond donors (Lipinski definition) is 1. The van der Waals surface area contributed by atoms with E-state index in [-0.39, 0.29) is 21.8 Å². The molecule has 0 aromatic carbocycles. The van der Waals surface area contributed by atoms with Gasteiger partial charge in [0.05, 0.1) is 0 Å². The zero-order valence-electron chi connectivity index (χ0n) is 12.8. The molecule has 1 aliphatic heterocycles. The van der Waals surface area contributed by atoms with Gasteiger partial charge in [-0.15, -0.1) is 0 Å². The maximum Gasteiger partial charge on any atom is 0.244 e. The van der Waals surface area contributed by atoms with Gasteiger partial charge in [-0.05, 0) is 42.2 Å². The molecule has 1 saturated carbocycles. The van der Waals surface area contributed by atoms with Crippen molar-refractivity contribution in [2.75, 3.05) is 12.3 Å². The number of nitrogens with two attached hydrogens (primary N) is 1. The summed E-state index contributed by atoms with van der Waals surface area (Å²) in [4.78, 5) is 4.16. The summed E-state index contributed by atoms with van der Waals surface area (Å²) in [7, 11) is -3.48. The summed E-state index contributed by atoms with van der Waals surface area (Å²) in [5.74, 6) is 0.335. The van der Waals surface area contributed by atoms with Crippen LogP contribution in [0.5, 0.6) is 0 Å². The van der Waals surface area contributed by atoms with Crippen molar-refractivity contribution < 1.29 is 8.42 Å². The highest BCUT2D eigenvalue weighted by atomic mass is 32.2. The maximum atomic E-state index is 12.9. The highest BCUT2D eigenvalue weighted by molar-refractivity contribution is 7.89. The van der Waals surface area contributed by atoms with E-state index in [4.69, 9.17) is 5.73 Å². The van der Waals surface area contributed by atoms with E-state index in [1.54, 1.807) is 16.4 Å². The largest absolute Gasteiger partial charge is 0.384 e. The van der Waals surface area contributed by atoms with E-state index in [1.807, 2.05) is 0 Å². The van der Waals surface area contributed by atoms with Crippen molar-refractivity contribution in [3.8, 4) is 0 Å². The van der Waals surface area contributed by atoms with E-state index in [1.165, 1.54) is 6.20 Å². The molecule has 0 amide bonds. The molecule has 1 aliphatic carbocycles. The van der Waals surface area contributed by atoms with Crippen LogP contribution in [-0.2, 0) is 10.0 Å². The molecular weight excluding hydrogens is 286 g/mol. The SMILES string of the molecule is CC1(C)CC2CC(C)(CN2S(=O)(=O)c2ccc(N)nc2)C1. The van der Waals surface area contributed by atoms with E-state index in [9.17, 15) is 8.42 Å². The first-order valence-corrected chi connectivity index (χ1v) is 8.79. The maximum absolute atomic E-state index is 12.9. The molecule has 0 radical (unpaired) electrons. The molecule has 0 spiro atoms. The topological polar surface area (TPSA) is 76.3 Å². The van der Waals surface area contributed by atoms with Crippen LogP contribution in [0.2, 0.25) is 0 Å². The van der Waals surface area contributed by atoms with Gasteiger partial charge in [0.1, 0.15) is 10.7 Å². The van der Waals surface area contributed by atoms with Crippen molar-refractivity contribution in [1.29, 1.82) is 0 Å². The zero-order chi connectivity index (χ0) is 15.5. The number of fused-ring (bicyclic) bond motifs is 2. The molecule has 2 N–H and O–H groups in total. The lowest BCUT2D eigenvalue weighted by atomic mass is 9.65. The van der Waals surface area contributed by atoms with Gasteiger partial charge in [-0.1, -0.05) is 20.8 Å². The Kier molecular flexibility index (Phi) is 3.12. The fraction of sp³-hybridized carbons (Fsp3) is 0.667. The molecule has 2 heterocycles. The van der Waals surface area contributed by atoms with Crippen LogP contribution in [0.4, 0.5) is 5.82 Å². The number of nitrogens with zero attached hydrogens (tertiary/aromatic N) is 2. The quantitative estimate of drug-likeness (QED) is 0.909. The van der Waals surface area contributed by atoms with E-state index in [0.29, 0.717) is 12.4 Å². The Balaban J connectivity index is 1.96. The van der Waals surface area contributed by atoms with Crippen LogP contribution in [-0.4, -0.2) is 30.3 Å². The molecule has 6 heteroatoms. The second kappa shape index (κ2) is 4.43. The number of sulfonamides is 1. The van der Waals surface area contributed by atoms with Crippen LogP contribution in [0.15, 0.2) is 23.2 Å². The fourth-order valence-corrected chi connectivity index (χ4v) is 6.09. The van der Waals surface area contributed by atoms with Crippen LogP contribution < -0.4 is 5.73 Å². The summed E-state index contributed by atoms with van der Waals surface area (Å²) in [5.41, 5.74) is 5.83. The van der Waals surface area contributed by atoms with E-state index < -0.39 is 10.0 Å². The standard InChI is InChI=1S/C15H23N3O2S/c1-14(2)6-11-7-15(3,9-14)10-18(11)21(19,20)12-4-5-13(16)17-8-12/h4-5,8,11H,6-7,9-10H2,1-3H3,(H2,16,17). The van der Waals surface area contributed by atoms with Crippen LogP contribution in [0, 0.1) is 10.8 Å². The summed E-state index contributed by atoms with van der Waals surface area (Å²) >= 11 is 0. The Morgan fingerprint density at radius 3 is 2.62 bits per heavy atom. The smallest absolute Gasteiger partial charge is 0.244 e. The molecule has 5 nitrogen and oxygen atoms in total. The number of aromatic nitrogens is 1. The summed E-state index contributed by atoms with van der Waals surface area (Å²) in [5, 5.41) is 0. The van der Waals surface area contributed by atoms with Crippen molar-refractivity contribution in [3.63, 3.8) is 0 Å². The monoisotopic (exact) mass is 309 g/mol. The zero-order valence-corrected chi connectivity index (χ0v) is 13.7. The van der Waals surface area contributed by atoms with E-state index in [2.05, 4.69) is 25.8 Å². The summed E-state index contributed by atoms with van der Waals surface area (Å²) < 4.78 is 27.5. The van der Waals surface area contributed by atoms with Crippen LogP contribution >= 0.6 is 0 Å². The Morgan fingerprint density at radius 1 is 1.29 bits per heavy atom. The predicted octanol–water partition coefficient (Wildman–Crippen LogP) is 2.25. The number of anilines is 1. The molecule has 1 saturated heterocycles. The Morgan fingerprint density at radius 2 is 2.00 bits per heavy atom. The minimum absolute atomic E-state index is 0.0841. The average molecular weight is 309 g/mol. The normalized spacial score (nSPS) is 32.2. The number of hydrogen-bond acceptors (Lipinski definition) is 4.